The number of hydrogen-bond acceptors (Lipinski definition) is 3. The van der Waals surface area contributed by atoms with Crippen LogP contribution in [0.25, 0.3) is 0 Å². The molecule has 0 spiro atoms. The number of amides is 1. The van der Waals surface area contributed by atoms with Crippen molar-refractivity contribution in [3.8, 4) is 0 Å². The summed E-state index contributed by atoms with van der Waals surface area (Å²) in [7, 11) is 1.88. The summed E-state index contributed by atoms with van der Waals surface area (Å²) >= 11 is 0. The van der Waals surface area contributed by atoms with E-state index in [-0.39, 0.29) is 5.91 Å². The number of nitrogens with zero attached hydrogens (tertiary/aromatic N) is 1. The van der Waals surface area contributed by atoms with Gasteiger partial charge >= 0.3 is 0 Å². The van der Waals surface area contributed by atoms with Crippen LogP contribution in [-0.2, 0) is 4.79 Å². The third-order valence-electron chi connectivity index (χ3n) is 3.28. The normalized spacial score (nSPS) is 14.7. The molecule has 0 unspecified atom stereocenters. The van der Waals surface area contributed by atoms with Gasteiger partial charge in [0, 0.05) is 31.4 Å². The average Bonchev–Trinajstić information content (AvgIpc) is 2.68. The quantitative estimate of drug-likeness (QED) is 0.730. The number of rotatable bonds is 7. The number of hydrogen-bond donors (Lipinski definition) is 2. The second-order valence-corrected chi connectivity index (χ2v) is 4.42. The Kier molecular flexibility index (Phi) is 6.97. The van der Waals surface area contributed by atoms with Gasteiger partial charge in [0.25, 0.3) is 5.91 Å². The lowest BCUT2D eigenvalue weighted by atomic mass is 10.2. The summed E-state index contributed by atoms with van der Waals surface area (Å²) in [5.74, 6) is 0.00848. The van der Waals surface area contributed by atoms with E-state index >= 15 is 0 Å². The van der Waals surface area contributed by atoms with Crippen molar-refractivity contribution in [2.75, 3.05) is 33.2 Å². The topological polar surface area (TPSA) is 44.4 Å². The molecule has 106 valence electrons. The largest absolute Gasteiger partial charge is 0.388 e. The molecule has 0 aliphatic heterocycles. The van der Waals surface area contributed by atoms with Gasteiger partial charge in [0.2, 0.25) is 0 Å². The molecular formula is C15H25N3O. The van der Waals surface area contributed by atoms with Gasteiger partial charge in [0.05, 0.1) is 0 Å². The molecule has 1 rings (SSSR count). The molecule has 4 nitrogen and oxygen atoms in total. The molecule has 0 bridgehead atoms. The summed E-state index contributed by atoms with van der Waals surface area (Å²) in [6, 6.07) is 0. The van der Waals surface area contributed by atoms with E-state index in [1.54, 1.807) is 0 Å². The van der Waals surface area contributed by atoms with Crippen molar-refractivity contribution in [3.05, 3.63) is 35.6 Å². The van der Waals surface area contributed by atoms with Crippen LogP contribution in [0.5, 0.6) is 0 Å². The lowest BCUT2D eigenvalue weighted by Gasteiger charge is -2.18. The first-order valence-corrected chi connectivity index (χ1v) is 6.98. The van der Waals surface area contributed by atoms with E-state index in [9.17, 15) is 4.79 Å². The van der Waals surface area contributed by atoms with Crippen LogP contribution < -0.4 is 10.6 Å². The van der Waals surface area contributed by atoms with Gasteiger partial charge in [-0.3, -0.25) is 4.79 Å². The van der Waals surface area contributed by atoms with Gasteiger partial charge in [0.15, 0.2) is 0 Å². The highest BCUT2D eigenvalue weighted by Crippen LogP contribution is 2.08. The molecule has 0 saturated carbocycles. The Hall–Kier alpha value is -1.55. The molecular weight excluding hydrogens is 238 g/mol. The Morgan fingerprint density at radius 2 is 2.00 bits per heavy atom. The van der Waals surface area contributed by atoms with Crippen LogP contribution in [0.4, 0.5) is 0 Å². The first-order valence-electron chi connectivity index (χ1n) is 6.98. The zero-order valence-corrected chi connectivity index (χ0v) is 12.2. The molecule has 0 radical (unpaired) electrons. The van der Waals surface area contributed by atoms with Gasteiger partial charge in [0.1, 0.15) is 0 Å². The van der Waals surface area contributed by atoms with E-state index in [0.717, 1.165) is 37.3 Å². The molecule has 19 heavy (non-hydrogen) atoms. The summed E-state index contributed by atoms with van der Waals surface area (Å²) < 4.78 is 0. The molecule has 0 aromatic heterocycles. The number of carbonyl (C=O) groups excluding carboxylic acids is 1. The van der Waals surface area contributed by atoms with Crippen molar-refractivity contribution in [3.63, 3.8) is 0 Å². The minimum absolute atomic E-state index is 0.00848. The van der Waals surface area contributed by atoms with E-state index in [0.29, 0.717) is 6.54 Å². The average molecular weight is 263 g/mol. The van der Waals surface area contributed by atoms with Crippen LogP contribution in [0.1, 0.15) is 20.3 Å². The first kappa shape index (κ1) is 15.5. The molecule has 4 heteroatoms. The number of carbonyl (C=O) groups is 1. The fraction of sp³-hybridized carbons (Fsp3) is 0.533. The van der Waals surface area contributed by atoms with Gasteiger partial charge < -0.3 is 15.5 Å². The SMILES string of the molecule is CCN(CC)CCNC(=O)C1=CCC=C(NC)C=C1. The summed E-state index contributed by atoms with van der Waals surface area (Å²) in [5.41, 5.74) is 1.78. The zero-order valence-electron chi connectivity index (χ0n) is 12.2. The van der Waals surface area contributed by atoms with Crippen LogP contribution in [0, 0.1) is 0 Å². The summed E-state index contributed by atoms with van der Waals surface area (Å²) in [5, 5.41) is 6.05. The lowest BCUT2D eigenvalue weighted by molar-refractivity contribution is -0.117. The fourth-order valence-electron chi connectivity index (χ4n) is 1.95. The van der Waals surface area contributed by atoms with Crippen molar-refractivity contribution in [1.82, 2.24) is 15.5 Å². The van der Waals surface area contributed by atoms with Crippen molar-refractivity contribution >= 4 is 5.91 Å². The van der Waals surface area contributed by atoms with Crippen LogP contribution in [-0.4, -0.2) is 44.0 Å². The molecule has 0 aromatic carbocycles. The third kappa shape index (κ3) is 5.30. The van der Waals surface area contributed by atoms with Crippen LogP contribution in [0.2, 0.25) is 0 Å². The highest BCUT2D eigenvalue weighted by molar-refractivity contribution is 5.96. The second-order valence-electron chi connectivity index (χ2n) is 4.42. The summed E-state index contributed by atoms with van der Waals surface area (Å²) in [6.45, 7) is 7.89. The van der Waals surface area contributed by atoms with Crippen LogP contribution in [0.3, 0.4) is 0 Å². The van der Waals surface area contributed by atoms with Gasteiger partial charge in [-0.25, -0.2) is 0 Å². The van der Waals surface area contributed by atoms with Crippen molar-refractivity contribution in [2.24, 2.45) is 0 Å². The van der Waals surface area contributed by atoms with Gasteiger partial charge in [-0.05, 0) is 31.7 Å². The maximum atomic E-state index is 12.0. The Labute approximate surface area is 116 Å². The molecule has 1 amide bonds. The van der Waals surface area contributed by atoms with E-state index in [4.69, 9.17) is 0 Å². The van der Waals surface area contributed by atoms with E-state index in [2.05, 4.69) is 35.5 Å². The van der Waals surface area contributed by atoms with Crippen molar-refractivity contribution in [1.29, 1.82) is 0 Å². The molecule has 1 aliphatic carbocycles. The highest BCUT2D eigenvalue weighted by atomic mass is 16.1. The van der Waals surface area contributed by atoms with E-state index < -0.39 is 0 Å². The summed E-state index contributed by atoms with van der Waals surface area (Å²) in [6.07, 6.45) is 8.59. The molecule has 0 aromatic rings. The maximum absolute atomic E-state index is 12.0. The van der Waals surface area contributed by atoms with Crippen LogP contribution >= 0.6 is 0 Å². The van der Waals surface area contributed by atoms with Crippen molar-refractivity contribution < 1.29 is 4.79 Å². The van der Waals surface area contributed by atoms with E-state index in [1.807, 2.05) is 25.3 Å². The number of allylic oxidation sites excluding steroid dienone is 3. The minimum Gasteiger partial charge on any atom is -0.388 e. The molecule has 0 atom stereocenters. The lowest BCUT2D eigenvalue weighted by Crippen LogP contribution is -2.35. The Morgan fingerprint density at radius 3 is 2.63 bits per heavy atom. The number of nitrogens with one attached hydrogen (secondary N) is 2. The monoisotopic (exact) mass is 263 g/mol. The van der Waals surface area contributed by atoms with Gasteiger partial charge in [-0.15, -0.1) is 0 Å². The molecule has 0 heterocycles. The molecule has 0 saturated heterocycles. The smallest absolute Gasteiger partial charge is 0.251 e. The van der Waals surface area contributed by atoms with Crippen molar-refractivity contribution in [2.45, 2.75) is 20.3 Å². The van der Waals surface area contributed by atoms with E-state index in [1.165, 1.54) is 0 Å². The first-order chi connectivity index (χ1) is 9.21. The van der Waals surface area contributed by atoms with Gasteiger partial charge in [-0.1, -0.05) is 26.0 Å². The number of likely N-dealkylation sites (N-methyl/N-ethyl adjacent to an activating group) is 2. The molecule has 1 aliphatic rings. The zero-order chi connectivity index (χ0) is 14.1. The maximum Gasteiger partial charge on any atom is 0.251 e. The third-order valence-corrected chi connectivity index (χ3v) is 3.28. The molecule has 0 fully saturated rings. The standard InChI is InChI=1S/C15H25N3O/c1-4-18(5-2)12-11-17-15(19)13-7-6-8-14(16-3)10-9-13/h7-10,16H,4-6,11-12H2,1-3H3,(H,17,19). The second kappa shape index (κ2) is 8.53. The highest BCUT2D eigenvalue weighted by Gasteiger charge is 2.08. The van der Waals surface area contributed by atoms with Gasteiger partial charge in [-0.2, -0.15) is 0 Å². The summed E-state index contributed by atoms with van der Waals surface area (Å²) in [4.78, 5) is 14.3. The Morgan fingerprint density at radius 1 is 1.26 bits per heavy atom. The molecule has 2 N–H and O–H groups in total. The Balaban J connectivity index is 2.40. The fourth-order valence-corrected chi connectivity index (χ4v) is 1.95. The predicted molar refractivity (Wildman–Crippen MR) is 79.8 cm³/mol. The van der Waals surface area contributed by atoms with Crippen LogP contribution in [0.15, 0.2) is 35.6 Å². The predicted octanol–water partition coefficient (Wildman–Crippen LogP) is 1.43. The Bertz CT molecular complexity index is 379. The minimum atomic E-state index is 0.00848.